The van der Waals surface area contributed by atoms with E-state index in [1.54, 1.807) is 6.07 Å². The number of rotatable bonds is 1. The highest BCUT2D eigenvalue weighted by atomic mass is 16.6. The molecule has 0 bridgehead atoms. The Balaban J connectivity index is 2.38. The maximum atomic E-state index is 11.4. The van der Waals surface area contributed by atoms with Gasteiger partial charge in [-0.25, -0.2) is 4.79 Å². The molecule has 0 amide bonds. The van der Waals surface area contributed by atoms with Crippen molar-refractivity contribution in [2.24, 2.45) is 0 Å². The fourth-order valence-corrected chi connectivity index (χ4v) is 1.48. The first kappa shape index (κ1) is 10.4. The van der Waals surface area contributed by atoms with E-state index in [1.165, 1.54) is 19.1 Å². The van der Waals surface area contributed by atoms with Crippen LogP contribution in [0.15, 0.2) is 18.2 Å². The van der Waals surface area contributed by atoms with Gasteiger partial charge < -0.3 is 9.47 Å². The van der Waals surface area contributed by atoms with E-state index in [0.717, 1.165) is 0 Å². The predicted molar refractivity (Wildman–Crippen MR) is 51.9 cm³/mol. The van der Waals surface area contributed by atoms with Crippen LogP contribution in [0.4, 0.5) is 0 Å². The first-order valence-corrected chi connectivity index (χ1v) is 4.62. The molecule has 1 aliphatic rings. The molecule has 5 nitrogen and oxygen atoms in total. The average molecular weight is 220 g/mol. The molecule has 0 radical (unpaired) electrons. The molecular formula is C11H8O5. The molecule has 0 spiro atoms. The lowest BCUT2D eigenvalue weighted by Crippen LogP contribution is -2.22. The average Bonchev–Trinajstić information content (AvgIpc) is 2.18. The van der Waals surface area contributed by atoms with E-state index in [-0.39, 0.29) is 17.7 Å². The van der Waals surface area contributed by atoms with E-state index in [4.69, 9.17) is 4.74 Å². The lowest BCUT2D eigenvalue weighted by Gasteiger charge is -2.14. The molecule has 0 aromatic heterocycles. The molecule has 16 heavy (non-hydrogen) atoms. The number of carbonyl (C=O) groups is 3. The number of ether oxygens (including phenoxy) is 2. The fourth-order valence-electron chi connectivity index (χ4n) is 1.48. The molecule has 1 aliphatic heterocycles. The Bertz CT molecular complexity index is 489. The summed E-state index contributed by atoms with van der Waals surface area (Å²) in [5.41, 5.74) is 0.843. The number of carbonyl (C=O) groups excluding carboxylic acids is 3. The van der Waals surface area contributed by atoms with Crippen LogP contribution in [0.5, 0.6) is 5.75 Å². The Morgan fingerprint density at radius 3 is 2.81 bits per heavy atom. The Kier molecular flexibility index (Phi) is 2.44. The van der Waals surface area contributed by atoms with Crippen LogP contribution in [0.1, 0.15) is 22.8 Å². The molecule has 1 aromatic carbocycles. The van der Waals surface area contributed by atoms with E-state index in [9.17, 15) is 14.4 Å². The molecule has 1 aromatic rings. The second-order valence-electron chi connectivity index (χ2n) is 3.35. The van der Waals surface area contributed by atoms with Crippen molar-refractivity contribution in [3.8, 4) is 5.75 Å². The van der Waals surface area contributed by atoms with Gasteiger partial charge in [-0.15, -0.1) is 0 Å². The summed E-state index contributed by atoms with van der Waals surface area (Å²) in [6.45, 7) is 1.27. The molecule has 0 fully saturated rings. The molecule has 0 saturated carbocycles. The number of hydrogen-bond acceptors (Lipinski definition) is 5. The van der Waals surface area contributed by atoms with Gasteiger partial charge in [0.05, 0.1) is 12.0 Å². The van der Waals surface area contributed by atoms with Gasteiger partial charge in [0.25, 0.3) is 0 Å². The third-order valence-corrected chi connectivity index (χ3v) is 2.10. The van der Waals surface area contributed by atoms with Crippen LogP contribution in [-0.4, -0.2) is 17.9 Å². The quantitative estimate of drug-likeness (QED) is 0.398. The topological polar surface area (TPSA) is 69.7 Å². The van der Waals surface area contributed by atoms with Crippen LogP contribution in [0.2, 0.25) is 0 Å². The van der Waals surface area contributed by atoms with Gasteiger partial charge in [0.1, 0.15) is 5.75 Å². The maximum Gasteiger partial charge on any atom is 0.346 e. The number of hydrogen-bond donors (Lipinski definition) is 0. The molecular weight excluding hydrogens is 212 g/mol. The maximum absolute atomic E-state index is 11.4. The Hall–Kier alpha value is -2.17. The van der Waals surface area contributed by atoms with Gasteiger partial charge >= 0.3 is 17.9 Å². The van der Waals surface area contributed by atoms with Gasteiger partial charge in [-0.3, -0.25) is 9.59 Å². The molecule has 1 heterocycles. The monoisotopic (exact) mass is 220 g/mol. The van der Waals surface area contributed by atoms with Gasteiger partial charge in [0.15, 0.2) is 0 Å². The Morgan fingerprint density at radius 2 is 2.12 bits per heavy atom. The number of fused-ring (bicyclic) bond motifs is 1. The van der Waals surface area contributed by atoms with Gasteiger partial charge in [0.2, 0.25) is 0 Å². The fraction of sp³-hybridized carbons (Fsp3) is 0.182. The minimum atomic E-state index is -0.708. The van der Waals surface area contributed by atoms with Gasteiger partial charge in [-0.2, -0.15) is 0 Å². The van der Waals surface area contributed by atoms with Crippen molar-refractivity contribution in [3.63, 3.8) is 0 Å². The lowest BCUT2D eigenvalue weighted by molar-refractivity contribution is -0.138. The Morgan fingerprint density at radius 1 is 1.38 bits per heavy atom. The van der Waals surface area contributed by atoms with Crippen molar-refractivity contribution < 1.29 is 23.9 Å². The van der Waals surface area contributed by atoms with Gasteiger partial charge in [0, 0.05) is 6.92 Å². The minimum absolute atomic E-state index is 0.0570. The van der Waals surface area contributed by atoms with E-state index < -0.39 is 17.9 Å². The standard InChI is InChI=1S/C11H8O5/c1-6(12)15-8-3-2-7-4-10(13)16-11(14)9(7)5-8/h2-3,5H,4H2,1H3. The summed E-state index contributed by atoms with van der Waals surface area (Å²) in [5, 5.41) is 0. The number of benzene rings is 1. The van der Waals surface area contributed by atoms with Crippen molar-refractivity contribution >= 4 is 17.9 Å². The minimum Gasteiger partial charge on any atom is -0.427 e. The van der Waals surface area contributed by atoms with E-state index in [0.29, 0.717) is 5.56 Å². The highest BCUT2D eigenvalue weighted by Gasteiger charge is 2.25. The largest absolute Gasteiger partial charge is 0.427 e. The summed E-state index contributed by atoms with van der Waals surface area (Å²) in [5.74, 6) is -1.49. The van der Waals surface area contributed by atoms with E-state index in [1.807, 2.05) is 0 Å². The van der Waals surface area contributed by atoms with Crippen molar-refractivity contribution in [2.45, 2.75) is 13.3 Å². The third kappa shape index (κ3) is 1.93. The molecule has 0 N–H and O–H groups in total. The molecule has 5 heteroatoms. The van der Waals surface area contributed by atoms with Crippen LogP contribution in [-0.2, 0) is 20.7 Å². The summed E-state index contributed by atoms with van der Waals surface area (Å²) in [6.07, 6.45) is 0.0570. The zero-order chi connectivity index (χ0) is 11.7. The second-order valence-corrected chi connectivity index (χ2v) is 3.35. The summed E-state index contributed by atoms with van der Waals surface area (Å²) in [4.78, 5) is 33.0. The molecule has 0 aliphatic carbocycles. The first-order chi connectivity index (χ1) is 7.56. The second kappa shape index (κ2) is 3.77. The summed E-state index contributed by atoms with van der Waals surface area (Å²) >= 11 is 0. The van der Waals surface area contributed by atoms with Crippen molar-refractivity contribution in [1.29, 1.82) is 0 Å². The predicted octanol–water partition coefficient (Wildman–Crippen LogP) is 0.851. The van der Waals surface area contributed by atoms with Crippen LogP contribution in [0.25, 0.3) is 0 Å². The van der Waals surface area contributed by atoms with Crippen LogP contribution in [0.3, 0.4) is 0 Å². The van der Waals surface area contributed by atoms with Crippen LogP contribution in [0, 0.1) is 0 Å². The summed E-state index contributed by atoms with van der Waals surface area (Å²) in [6, 6.07) is 4.50. The molecule has 82 valence electrons. The van der Waals surface area contributed by atoms with Crippen LogP contribution < -0.4 is 4.74 Å². The lowest BCUT2D eigenvalue weighted by atomic mass is 10.0. The smallest absolute Gasteiger partial charge is 0.346 e. The molecule has 0 saturated heterocycles. The molecule has 0 unspecified atom stereocenters. The normalized spacial score (nSPS) is 14.1. The number of cyclic esters (lactones) is 2. The van der Waals surface area contributed by atoms with Crippen molar-refractivity contribution in [2.75, 3.05) is 0 Å². The highest BCUT2D eigenvalue weighted by Crippen LogP contribution is 2.23. The highest BCUT2D eigenvalue weighted by molar-refractivity contribution is 6.02. The summed E-state index contributed by atoms with van der Waals surface area (Å²) < 4.78 is 9.28. The molecule has 2 rings (SSSR count). The van der Waals surface area contributed by atoms with Crippen molar-refractivity contribution in [3.05, 3.63) is 29.3 Å². The zero-order valence-electron chi connectivity index (χ0n) is 8.48. The van der Waals surface area contributed by atoms with Gasteiger partial charge in [-0.1, -0.05) is 6.07 Å². The third-order valence-electron chi connectivity index (χ3n) is 2.10. The van der Waals surface area contributed by atoms with E-state index >= 15 is 0 Å². The first-order valence-electron chi connectivity index (χ1n) is 4.62. The van der Waals surface area contributed by atoms with Crippen LogP contribution >= 0.6 is 0 Å². The Labute approximate surface area is 91.0 Å². The zero-order valence-corrected chi connectivity index (χ0v) is 8.48. The summed E-state index contributed by atoms with van der Waals surface area (Å²) in [7, 11) is 0. The van der Waals surface area contributed by atoms with Crippen molar-refractivity contribution in [1.82, 2.24) is 0 Å². The molecule has 0 atom stereocenters. The SMILES string of the molecule is CC(=O)Oc1ccc2c(c1)C(=O)OC(=O)C2. The van der Waals surface area contributed by atoms with E-state index in [2.05, 4.69) is 4.74 Å². The van der Waals surface area contributed by atoms with Gasteiger partial charge in [-0.05, 0) is 17.7 Å². The number of esters is 3.